The van der Waals surface area contributed by atoms with Gasteiger partial charge in [-0.1, -0.05) is 0 Å². The molecule has 0 heterocycles. The highest BCUT2D eigenvalue weighted by Gasteiger charge is 2.22. The lowest BCUT2D eigenvalue weighted by Gasteiger charge is -2.25. The maximum absolute atomic E-state index is 13.5. The number of hydrogen-bond donors (Lipinski definition) is 1. The highest BCUT2D eigenvalue weighted by Crippen LogP contribution is 2.31. The first kappa shape index (κ1) is 18.6. The quantitative estimate of drug-likeness (QED) is 0.805. The molecule has 0 aliphatic carbocycles. The molecular formula is C19H23FN2O3. The molecular weight excluding hydrogens is 323 g/mol. The average molecular weight is 346 g/mol. The predicted molar refractivity (Wildman–Crippen MR) is 96.7 cm³/mol. The van der Waals surface area contributed by atoms with Crippen molar-refractivity contribution >= 4 is 17.5 Å². The number of benzene rings is 2. The van der Waals surface area contributed by atoms with E-state index in [0.717, 1.165) is 5.56 Å². The number of hydrogen-bond acceptors (Lipinski definition) is 4. The van der Waals surface area contributed by atoms with Crippen molar-refractivity contribution < 1.29 is 18.7 Å². The fourth-order valence-electron chi connectivity index (χ4n) is 2.20. The number of anilines is 2. The number of amides is 1. The molecule has 134 valence electrons. The largest absolute Gasteiger partial charge is 0.457 e. The molecule has 2 aromatic rings. The summed E-state index contributed by atoms with van der Waals surface area (Å²) in [6.45, 7) is 7.14. The van der Waals surface area contributed by atoms with Gasteiger partial charge in [-0.3, -0.25) is 4.90 Å². The van der Waals surface area contributed by atoms with E-state index in [9.17, 15) is 9.18 Å². The lowest BCUT2D eigenvalue weighted by Crippen LogP contribution is -2.34. The summed E-state index contributed by atoms with van der Waals surface area (Å²) in [4.78, 5) is 13.5. The number of carbonyl (C=O) groups is 1. The summed E-state index contributed by atoms with van der Waals surface area (Å²) >= 11 is 0. The molecule has 0 saturated carbocycles. The van der Waals surface area contributed by atoms with Crippen LogP contribution in [0.25, 0.3) is 0 Å². The second-order valence-corrected chi connectivity index (χ2v) is 6.83. The van der Waals surface area contributed by atoms with Crippen molar-refractivity contribution in [2.75, 3.05) is 17.7 Å². The molecule has 0 aromatic heterocycles. The average Bonchev–Trinajstić information content (AvgIpc) is 2.45. The van der Waals surface area contributed by atoms with Gasteiger partial charge in [-0.15, -0.1) is 0 Å². The zero-order chi connectivity index (χ0) is 18.8. The minimum absolute atomic E-state index is 0.369. The van der Waals surface area contributed by atoms with Gasteiger partial charge in [-0.2, -0.15) is 0 Å². The Morgan fingerprint density at radius 1 is 1.12 bits per heavy atom. The van der Waals surface area contributed by atoms with Crippen LogP contribution in [0, 0.1) is 12.7 Å². The van der Waals surface area contributed by atoms with Gasteiger partial charge >= 0.3 is 6.09 Å². The first-order valence-corrected chi connectivity index (χ1v) is 7.86. The van der Waals surface area contributed by atoms with Crippen LogP contribution in [0.2, 0.25) is 0 Å². The molecule has 0 fully saturated rings. The topological polar surface area (TPSA) is 64.8 Å². The fourth-order valence-corrected chi connectivity index (χ4v) is 2.20. The van der Waals surface area contributed by atoms with E-state index in [1.807, 2.05) is 0 Å². The van der Waals surface area contributed by atoms with E-state index >= 15 is 0 Å². The van der Waals surface area contributed by atoms with Gasteiger partial charge in [0.2, 0.25) is 0 Å². The van der Waals surface area contributed by atoms with E-state index in [-0.39, 0.29) is 5.82 Å². The second kappa shape index (κ2) is 7.01. The number of aryl methyl sites for hydroxylation is 1. The third-order valence-corrected chi connectivity index (χ3v) is 3.28. The SMILES string of the molecule is Cc1cc(F)cc(Oc2ccc(N)c(N(C)C(=O)OC(C)(C)C)c2)c1. The van der Waals surface area contributed by atoms with Crippen molar-refractivity contribution in [3.05, 3.63) is 47.8 Å². The molecule has 2 N–H and O–H groups in total. The predicted octanol–water partition coefficient (Wildman–Crippen LogP) is 4.88. The molecule has 25 heavy (non-hydrogen) atoms. The fraction of sp³-hybridized carbons (Fsp3) is 0.316. The van der Waals surface area contributed by atoms with Crippen molar-refractivity contribution in [3.63, 3.8) is 0 Å². The smallest absolute Gasteiger partial charge is 0.414 e. The standard InChI is InChI=1S/C19H23FN2O3/c1-12-8-13(20)10-15(9-12)24-14-6-7-16(21)17(11-14)22(5)18(23)25-19(2,3)4/h6-11H,21H2,1-5H3. The minimum atomic E-state index is -0.618. The Kier molecular flexibility index (Phi) is 5.21. The lowest BCUT2D eigenvalue weighted by molar-refractivity contribution is 0.0589. The molecule has 0 aliphatic rings. The second-order valence-electron chi connectivity index (χ2n) is 6.83. The Morgan fingerprint density at radius 3 is 2.40 bits per heavy atom. The van der Waals surface area contributed by atoms with Crippen molar-refractivity contribution in [2.24, 2.45) is 0 Å². The maximum Gasteiger partial charge on any atom is 0.414 e. The van der Waals surface area contributed by atoms with Gasteiger partial charge in [-0.25, -0.2) is 9.18 Å². The summed E-state index contributed by atoms with van der Waals surface area (Å²) < 4.78 is 24.5. The molecule has 5 nitrogen and oxygen atoms in total. The third kappa shape index (κ3) is 5.11. The first-order valence-electron chi connectivity index (χ1n) is 7.86. The highest BCUT2D eigenvalue weighted by molar-refractivity contribution is 5.91. The van der Waals surface area contributed by atoms with Crippen LogP contribution in [0.1, 0.15) is 26.3 Å². The number of nitrogens with two attached hydrogens (primary N) is 1. The molecule has 0 spiro atoms. The van der Waals surface area contributed by atoms with Gasteiger partial charge in [-0.05, 0) is 57.5 Å². The lowest BCUT2D eigenvalue weighted by atomic mass is 10.2. The van der Waals surface area contributed by atoms with E-state index in [4.69, 9.17) is 15.2 Å². The Labute approximate surface area is 147 Å². The van der Waals surface area contributed by atoms with Crippen LogP contribution in [0.5, 0.6) is 11.5 Å². The summed E-state index contributed by atoms with van der Waals surface area (Å²) in [5.41, 5.74) is 6.94. The zero-order valence-electron chi connectivity index (χ0n) is 15.1. The Balaban J connectivity index is 2.26. The van der Waals surface area contributed by atoms with Crippen LogP contribution in [0.3, 0.4) is 0 Å². The zero-order valence-corrected chi connectivity index (χ0v) is 15.1. The van der Waals surface area contributed by atoms with Crippen molar-refractivity contribution in [3.8, 4) is 11.5 Å². The molecule has 0 aliphatic heterocycles. The number of rotatable bonds is 3. The Hall–Kier alpha value is -2.76. The molecule has 0 bridgehead atoms. The number of halogens is 1. The van der Waals surface area contributed by atoms with Crippen molar-refractivity contribution in [1.82, 2.24) is 0 Å². The monoisotopic (exact) mass is 346 g/mol. The van der Waals surface area contributed by atoms with Crippen LogP contribution in [-0.4, -0.2) is 18.7 Å². The third-order valence-electron chi connectivity index (χ3n) is 3.28. The van der Waals surface area contributed by atoms with Gasteiger partial charge in [0.1, 0.15) is 22.9 Å². The van der Waals surface area contributed by atoms with Crippen molar-refractivity contribution in [1.29, 1.82) is 0 Å². The maximum atomic E-state index is 13.5. The number of carbonyl (C=O) groups excluding carboxylic acids is 1. The summed E-state index contributed by atoms with van der Waals surface area (Å²) in [5.74, 6) is 0.425. The van der Waals surface area contributed by atoms with Gasteiger partial charge < -0.3 is 15.2 Å². The van der Waals surface area contributed by atoms with E-state index in [1.54, 1.807) is 59.0 Å². The van der Waals surface area contributed by atoms with Crippen LogP contribution in [0.15, 0.2) is 36.4 Å². The molecule has 0 atom stereocenters. The molecule has 0 unspecified atom stereocenters. The molecule has 0 saturated heterocycles. The molecule has 2 rings (SSSR count). The number of nitrogens with zero attached hydrogens (tertiary/aromatic N) is 1. The van der Waals surface area contributed by atoms with E-state index < -0.39 is 11.7 Å². The van der Waals surface area contributed by atoms with Gasteiger partial charge in [0.25, 0.3) is 0 Å². The van der Waals surface area contributed by atoms with E-state index in [1.165, 1.54) is 17.0 Å². The molecule has 6 heteroatoms. The Morgan fingerprint density at radius 2 is 1.80 bits per heavy atom. The van der Waals surface area contributed by atoms with Crippen molar-refractivity contribution in [2.45, 2.75) is 33.3 Å². The molecule has 0 radical (unpaired) electrons. The van der Waals surface area contributed by atoms with Crippen LogP contribution >= 0.6 is 0 Å². The number of ether oxygens (including phenoxy) is 2. The van der Waals surface area contributed by atoms with Gasteiger partial charge in [0.15, 0.2) is 0 Å². The van der Waals surface area contributed by atoms with Crippen LogP contribution in [-0.2, 0) is 4.74 Å². The normalized spacial score (nSPS) is 11.1. The van der Waals surface area contributed by atoms with Gasteiger partial charge in [0.05, 0.1) is 11.4 Å². The summed E-state index contributed by atoms with van der Waals surface area (Å²) in [5, 5.41) is 0. The van der Waals surface area contributed by atoms with Crippen LogP contribution in [0.4, 0.5) is 20.6 Å². The molecule has 2 aromatic carbocycles. The highest BCUT2D eigenvalue weighted by atomic mass is 19.1. The summed E-state index contributed by atoms with van der Waals surface area (Å²) in [6, 6.07) is 9.31. The van der Waals surface area contributed by atoms with Crippen LogP contribution < -0.4 is 15.4 Å². The number of nitrogen functional groups attached to an aromatic ring is 1. The van der Waals surface area contributed by atoms with E-state index in [0.29, 0.717) is 22.9 Å². The van der Waals surface area contributed by atoms with Gasteiger partial charge in [0, 0.05) is 19.2 Å². The summed E-state index contributed by atoms with van der Waals surface area (Å²) in [6.07, 6.45) is -0.530. The first-order chi connectivity index (χ1) is 11.5. The summed E-state index contributed by atoms with van der Waals surface area (Å²) in [7, 11) is 1.57. The molecule has 1 amide bonds. The minimum Gasteiger partial charge on any atom is -0.457 e. The Bertz CT molecular complexity index is 764. The van der Waals surface area contributed by atoms with E-state index in [2.05, 4.69) is 0 Å².